The Bertz CT molecular complexity index is 1000. The van der Waals surface area contributed by atoms with Crippen LogP contribution in [-0.2, 0) is 4.74 Å². The summed E-state index contributed by atoms with van der Waals surface area (Å²) in [6.07, 6.45) is 0. The monoisotopic (exact) mass is 401 g/mol. The van der Waals surface area contributed by atoms with E-state index < -0.39 is 5.97 Å². The van der Waals surface area contributed by atoms with Gasteiger partial charge in [0.1, 0.15) is 5.75 Å². The van der Waals surface area contributed by atoms with Gasteiger partial charge >= 0.3 is 5.97 Å². The maximum atomic E-state index is 12.4. The van der Waals surface area contributed by atoms with E-state index in [0.29, 0.717) is 38.2 Å². The molecule has 0 atom stereocenters. The number of nitrogens with two attached hydrogens (primary N) is 1. The first-order chi connectivity index (χ1) is 13.0. The van der Waals surface area contributed by atoms with Crippen LogP contribution in [0, 0.1) is 0 Å². The van der Waals surface area contributed by atoms with E-state index in [9.17, 15) is 4.79 Å². The molecule has 138 valence electrons. The summed E-state index contributed by atoms with van der Waals surface area (Å²) in [4.78, 5) is 12.4. The normalized spacial score (nSPS) is 10.5. The van der Waals surface area contributed by atoms with Gasteiger partial charge in [-0.2, -0.15) is 0 Å². The maximum absolute atomic E-state index is 12.4. The van der Waals surface area contributed by atoms with Gasteiger partial charge in [0.05, 0.1) is 19.8 Å². The summed E-state index contributed by atoms with van der Waals surface area (Å²) in [5.74, 6) is -0.0941. The molecular formula is C21H17Cl2NO3. The highest BCUT2D eigenvalue weighted by atomic mass is 35.5. The molecule has 0 spiro atoms. The molecular weight excluding hydrogens is 385 g/mol. The van der Waals surface area contributed by atoms with Crippen molar-refractivity contribution in [3.63, 3.8) is 0 Å². The number of nitrogen functional groups attached to an aromatic ring is 1. The lowest BCUT2D eigenvalue weighted by Crippen LogP contribution is -2.08. The van der Waals surface area contributed by atoms with Gasteiger partial charge in [0, 0.05) is 32.4 Å². The number of esters is 1. The lowest BCUT2D eigenvalue weighted by Gasteiger charge is -2.20. The SMILES string of the molecule is COC(=O)c1cc(N)c(-c2ccc(Cl)cc2)c(OC)c1-c1ccccc1Cl. The molecule has 3 aromatic rings. The zero-order valence-corrected chi connectivity index (χ0v) is 16.3. The molecule has 2 N–H and O–H groups in total. The number of carbonyl (C=O) groups is 1. The minimum atomic E-state index is -0.530. The molecule has 0 radical (unpaired) electrons. The van der Waals surface area contributed by atoms with Gasteiger partial charge in [0.25, 0.3) is 0 Å². The molecule has 0 heterocycles. The van der Waals surface area contributed by atoms with Gasteiger partial charge < -0.3 is 15.2 Å². The van der Waals surface area contributed by atoms with Gasteiger partial charge in [0.2, 0.25) is 0 Å². The maximum Gasteiger partial charge on any atom is 0.338 e. The first-order valence-electron chi connectivity index (χ1n) is 8.07. The molecule has 0 fully saturated rings. The number of halogens is 2. The van der Waals surface area contributed by atoms with E-state index in [1.165, 1.54) is 14.2 Å². The zero-order chi connectivity index (χ0) is 19.6. The van der Waals surface area contributed by atoms with Crippen LogP contribution < -0.4 is 10.5 Å². The Morgan fingerprint density at radius 1 is 0.963 bits per heavy atom. The number of methoxy groups -OCH3 is 2. The van der Waals surface area contributed by atoms with Crippen molar-refractivity contribution in [3.05, 3.63) is 70.2 Å². The predicted octanol–water partition coefficient (Wildman–Crippen LogP) is 5.70. The van der Waals surface area contributed by atoms with Gasteiger partial charge in [-0.05, 0) is 29.8 Å². The average molecular weight is 402 g/mol. The number of hydrogen-bond acceptors (Lipinski definition) is 4. The molecule has 0 aromatic heterocycles. The molecule has 27 heavy (non-hydrogen) atoms. The van der Waals surface area contributed by atoms with Crippen molar-refractivity contribution in [1.29, 1.82) is 0 Å². The molecule has 0 aliphatic carbocycles. The second-order valence-corrected chi connectivity index (χ2v) is 6.62. The van der Waals surface area contributed by atoms with Gasteiger partial charge in [-0.1, -0.05) is 53.5 Å². The third kappa shape index (κ3) is 3.59. The van der Waals surface area contributed by atoms with Gasteiger partial charge in [-0.3, -0.25) is 0 Å². The zero-order valence-electron chi connectivity index (χ0n) is 14.8. The Hall–Kier alpha value is -2.69. The van der Waals surface area contributed by atoms with Crippen LogP contribution >= 0.6 is 23.2 Å². The van der Waals surface area contributed by atoms with Crippen molar-refractivity contribution in [2.24, 2.45) is 0 Å². The number of carbonyl (C=O) groups excluding carboxylic acids is 1. The fraction of sp³-hybridized carbons (Fsp3) is 0.0952. The van der Waals surface area contributed by atoms with Crippen LogP contribution in [0.5, 0.6) is 5.75 Å². The number of benzene rings is 3. The summed E-state index contributed by atoms with van der Waals surface area (Å²) in [7, 11) is 2.84. The van der Waals surface area contributed by atoms with E-state index in [2.05, 4.69) is 0 Å². The quantitative estimate of drug-likeness (QED) is 0.449. The van der Waals surface area contributed by atoms with Crippen LogP contribution in [0.2, 0.25) is 10.0 Å². The van der Waals surface area contributed by atoms with Crippen LogP contribution in [0.4, 0.5) is 5.69 Å². The highest BCUT2D eigenvalue weighted by Crippen LogP contribution is 2.46. The summed E-state index contributed by atoms with van der Waals surface area (Å²) < 4.78 is 10.7. The minimum Gasteiger partial charge on any atom is -0.495 e. The molecule has 0 amide bonds. The minimum absolute atomic E-state index is 0.276. The fourth-order valence-corrected chi connectivity index (χ4v) is 3.36. The lowest BCUT2D eigenvalue weighted by atomic mass is 9.91. The highest BCUT2D eigenvalue weighted by Gasteiger charge is 2.25. The second-order valence-electron chi connectivity index (χ2n) is 5.77. The van der Waals surface area contributed by atoms with Crippen molar-refractivity contribution in [2.75, 3.05) is 20.0 Å². The summed E-state index contributed by atoms with van der Waals surface area (Å²) >= 11 is 12.4. The van der Waals surface area contributed by atoms with E-state index in [-0.39, 0.29) is 5.56 Å². The van der Waals surface area contributed by atoms with E-state index in [4.69, 9.17) is 38.4 Å². The summed E-state index contributed by atoms with van der Waals surface area (Å²) in [6, 6.07) is 16.0. The summed E-state index contributed by atoms with van der Waals surface area (Å²) in [5.41, 5.74) is 9.57. The first kappa shape index (κ1) is 19.1. The Kier molecular flexibility index (Phi) is 5.59. The lowest BCUT2D eigenvalue weighted by molar-refractivity contribution is 0.0601. The molecule has 6 heteroatoms. The van der Waals surface area contributed by atoms with E-state index >= 15 is 0 Å². The number of ether oxygens (including phenoxy) is 2. The van der Waals surface area contributed by atoms with Gasteiger partial charge in [-0.15, -0.1) is 0 Å². The average Bonchev–Trinajstić information content (AvgIpc) is 2.68. The Balaban J connectivity index is 2.41. The third-order valence-corrected chi connectivity index (χ3v) is 4.78. The van der Waals surface area contributed by atoms with Crippen LogP contribution in [0.15, 0.2) is 54.6 Å². The van der Waals surface area contributed by atoms with Crippen molar-refractivity contribution in [1.82, 2.24) is 0 Å². The van der Waals surface area contributed by atoms with Crippen molar-refractivity contribution in [3.8, 4) is 28.0 Å². The van der Waals surface area contributed by atoms with Crippen LogP contribution in [0.25, 0.3) is 22.3 Å². The highest BCUT2D eigenvalue weighted by molar-refractivity contribution is 6.33. The summed E-state index contributed by atoms with van der Waals surface area (Å²) in [5, 5.41) is 1.08. The van der Waals surface area contributed by atoms with E-state index in [1.807, 2.05) is 30.3 Å². The van der Waals surface area contributed by atoms with Gasteiger partial charge in [-0.25, -0.2) is 4.79 Å². The molecule has 0 saturated heterocycles. The Morgan fingerprint density at radius 3 is 2.22 bits per heavy atom. The van der Waals surface area contributed by atoms with Crippen molar-refractivity contribution in [2.45, 2.75) is 0 Å². The molecule has 0 unspecified atom stereocenters. The van der Waals surface area contributed by atoms with Crippen LogP contribution in [0.1, 0.15) is 10.4 Å². The number of rotatable bonds is 4. The topological polar surface area (TPSA) is 61.5 Å². The molecule has 0 aliphatic heterocycles. The Morgan fingerprint density at radius 2 is 1.63 bits per heavy atom. The first-order valence-corrected chi connectivity index (χ1v) is 8.83. The standard InChI is InChI=1S/C21H17Cl2NO3/c1-26-20-18(12-7-9-13(22)10-8-12)17(24)11-15(21(25)27-2)19(20)14-5-3-4-6-16(14)23/h3-11H,24H2,1-2H3. The van der Waals surface area contributed by atoms with E-state index in [1.54, 1.807) is 24.3 Å². The molecule has 0 saturated carbocycles. The molecule has 3 aromatic carbocycles. The molecule has 4 nitrogen and oxygen atoms in total. The fourth-order valence-electron chi connectivity index (χ4n) is 3.00. The third-order valence-electron chi connectivity index (χ3n) is 4.20. The molecule has 3 rings (SSSR count). The molecule has 0 bridgehead atoms. The molecule has 0 aliphatic rings. The van der Waals surface area contributed by atoms with Crippen molar-refractivity contribution < 1.29 is 14.3 Å². The second kappa shape index (κ2) is 7.91. The largest absolute Gasteiger partial charge is 0.495 e. The van der Waals surface area contributed by atoms with Crippen molar-refractivity contribution >= 4 is 34.9 Å². The summed E-state index contributed by atoms with van der Waals surface area (Å²) in [6.45, 7) is 0. The Labute approximate surface area is 167 Å². The number of hydrogen-bond donors (Lipinski definition) is 1. The smallest absolute Gasteiger partial charge is 0.338 e. The van der Waals surface area contributed by atoms with Crippen LogP contribution in [0.3, 0.4) is 0 Å². The van der Waals surface area contributed by atoms with E-state index in [0.717, 1.165) is 5.56 Å². The predicted molar refractivity (Wildman–Crippen MR) is 110 cm³/mol. The van der Waals surface area contributed by atoms with Gasteiger partial charge in [0.15, 0.2) is 0 Å². The van der Waals surface area contributed by atoms with Crippen LogP contribution in [-0.4, -0.2) is 20.2 Å². The number of anilines is 1.